The number of ether oxygens (including phenoxy) is 1. The molecule has 1 aromatic heterocycles. The number of hydrogen-bond donors (Lipinski definition) is 0. The number of aryl methyl sites for hydroxylation is 1. The fraction of sp³-hybridized carbons (Fsp3) is 0.500. The van der Waals surface area contributed by atoms with Crippen molar-refractivity contribution in [3.63, 3.8) is 0 Å². The van der Waals surface area contributed by atoms with Gasteiger partial charge in [0.15, 0.2) is 0 Å². The van der Waals surface area contributed by atoms with Crippen molar-refractivity contribution in [2.75, 3.05) is 61.1 Å². The quantitative estimate of drug-likeness (QED) is 0.794. The van der Waals surface area contributed by atoms with E-state index in [4.69, 9.17) is 4.74 Å². The maximum Gasteiger partial charge on any atom is 0.142 e. The number of aromatic nitrogens is 2. The van der Waals surface area contributed by atoms with E-state index in [-0.39, 0.29) is 0 Å². The Morgan fingerprint density at radius 2 is 1.65 bits per heavy atom. The molecule has 6 nitrogen and oxygen atoms in total. The van der Waals surface area contributed by atoms with E-state index in [0.29, 0.717) is 0 Å². The minimum atomic E-state index is 0.830. The summed E-state index contributed by atoms with van der Waals surface area (Å²) in [4.78, 5) is 16.3. The standard InChI is InChI=1S/C20H29N5O/c1-5-23(6-2)19-15-20(22-16(3)21-19)25-13-11-24(12-14-25)17-9-7-8-10-18(17)26-4/h7-10,15H,5-6,11-14H2,1-4H3. The van der Waals surface area contributed by atoms with Crippen molar-refractivity contribution in [3.8, 4) is 5.75 Å². The molecule has 3 rings (SSSR count). The lowest BCUT2D eigenvalue weighted by Crippen LogP contribution is -2.47. The van der Waals surface area contributed by atoms with Gasteiger partial charge >= 0.3 is 0 Å². The summed E-state index contributed by atoms with van der Waals surface area (Å²) in [5.41, 5.74) is 1.16. The first-order chi connectivity index (χ1) is 12.7. The highest BCUT2D eigenvalue weighted by atomic mass is 16.5. The molecule has 1 aromatic carbocycles. The van der Waals surface area contributed by atoms with Gasteiger partial charge in [0.25, 0.3) is 0 Å². The third kappa shape index (κ3) is 3.84. The van der Waals surface area contributed by atoms with E-state index in [1.54, 1.807) is 7.11 Å². The summed E-state index contributed by atoms with van der Waals surface area (Å²) < 4.78 is 5.51. The first kappa shape index (κ1) is 18.3. The van der Waals surface area contributed by atoms with E-state index in [0.717, 1.165) is 68.2 Å². The normalized spacial score (nSPS) is 14.5. The van der Waals surface area contributed by atoms with Crippen LogP contribution in [0.4, 0.5) is 17.3 Å². The second-order valence-electron chi connectivity index (χ2n) is 6.45. The Morgan fingerprint density at radius 3 is 2.31 bits per heavy atom. The molecule has 1 fully saturated rings. The third-order valence-corrected chi connectivity index (χ3v) is 4.93. The molecule has 0 bridgehead atoms. The average Bonchev–Trinajstić information content (AvgIpc) is 2.68. The topological polar surface area (TPSA) is 44.7 Å². The molecule has 2 heterocycles. The second-order valence-corrected chi connectivity index (χ2v) is 6.45. The second kappa shape index (κ2) is 8.25. The Hall–Kier alpha value is -2.50. The predicted molar refractivity (Wildman–Crippen MR) is 108 cm³/mol. The van der Waals surface area contributed by atoms with Crippen LogP contribution >= 0.6 is 0 Å². The monoisotopic (exact) mass is 355 g/mol. The van der Waals surface area contributed by atoms with Gasteiger partial charge in [-0.05, 0) is 32.9 Å². The summed E-state index contributed by atoms with van der Waals surface area (Å²) in [5.74, 6) is 3.81. The minimum absolute atomic E-state index is 0.830. The molecule has 0 atom stereocenters. The number of nitrogens with zero attached hydrogens (tertiary/aromatic N) is 5. The van der Waals surface area contributed by atoms with Crippen molar-refractivity contribution in [3.05, 3.63) is 36.2 Å². The lowest BCUT2D eigenvalue weighted by Gasteiger charge is -2.37. The lowest BCUT2D eigenvalue weighted by molar-refractivity contribution is 0.413. The Kier molecular flexibility index (Phi) is 5.81. The SMILES string of the molecule is CCN(CC)c1cc(N2CCN(c3ccccc3OC)CC2)nc(C)n1. The number of rotatable bonds is 6. The van der Waals surface area contributed by atoms with Gasteiger partial charge in [0.2, 0.25) is 0 Å². The van der Waals surface area contributed by atoms with Crippen molar-refractivity contribution in [1.82, 2.24) is 9.97 Å². The van der Waals surface area contributed by atoms with Crippen LogP contribution in [0.15, 0.2) is 30.3 Å². The summed E-state index contributed by atoms with van der Waals surface area (Å²) in [6.07, 6.45) is 0. The molecule has 1 saturated heterocycles. The Balaban J connectivity index is 1.74. The number of para-hydroxylation sites is 2. The average molecular weight is 355 g/mol. The number of hydrogen-bond acceptors (Lipinski definition) is 6. The lowest BCUT2D eigenvalue weighted by atomic mass is 10.2. The molecule has 1 aliphatic heterocycles. The van der Waals surface area contributed by atoms with E-state index >= 15 is 0 Å². The molecule has 0 radical (unpaired) electrons. The van der Waals surface area contributed by atoms with Gasteiger partial charge in [-0.2, -0.15) is 0 Å². The molecule has 0 saturated carbocycles. The molecular formula is C20H29N5O. The minimum Gasteiger partial charge on any atom is -0.495 e. The van der Waals surface area contributed by atoms with Crippen LogP contribution in [0.25, 0.3) is 0 Å². The molecule has 26 heavy (non-hydrogen) atoms. The summed E-state index contributed by atoms with van der Waals surface area (Å²) in [6.45, 7) is 12.0. The maximum absolute atomic E-state index is 5.51. The van der Waals surface area contributed by atoms with E-state index in [9.17, 15) is 0 Å². The maximum atomic E-state index is 5.51. The first-order valence-electron chi connectivity index (χ1n) is 9.39. The van der Waals surface area contributed by atoms with Crippen LogP contribution in [-0.4, -0.2) is 56.3 Å². The van der Waals surface area contributed by atoms with Crippen molar-refractivity contribution >= 4 is 17.3 Å². The van der Waals surface area contributed by atoms with E-state index in [1.807, 2.05) is 19.1 Å². The van der Waals surface area contributed by atoms with Gasteiger partial charge in [-0.3, -0.25) is 0 Å². The Bertz CT molecular complexity index is 724. The van der Waals surface area contributed by atoms with Gasteiger partial charge in [0.1, 0.15) is 23.2 Å². The molecule has 0 unspecified atom stereocenters. The molecule has 0 aliphatic carbocycles. The first-order valence-corrected chi connectivity index (χ1v) is 9.39. The van der Waals surface area contributed by atoms with Gasteiger partial charge in [-0.15, -0.1) is 0 Å². The molecule has 1 aliphatic rings. The Labute approximate surface area is 156 Å². The zero-order chi connectivity index (χ0) is 18.5. The number of anilines is 3. The van der Waals surface area contributed by atoms with Crippen molar-refractivity contribution in [2.45, 2.75) is 20.8 Å². The number of piperazine rings is 1. The van der Waals surface area contributed by atoms with Crippen LogP contribution in [0.1, 0.15) is 19.7 Å². The fourth-order valence-electron chi connectivity index (χ4n) is 3.48. The molecule has 0 spiro atoms. The van der Waals surface area contributed by atoms with Crippen LogP contribution in [0.3, 0.4) is 0 Å². The fourth-order valence-corrected chi connectivity index (χ4v) is 3.48. The van der Waals surface area contributed by atoms with Gasteiger partial charge in [0, 0.05) is 45.3 Å². The van der Waals surface area contributed by atoms with Crippen LogP contribution in [0, 0.1) is 6.92 Å². The molecule has 140 valence electrons. The van der Waals surface area contributed by atoms with E-state index < -0.39 is 0 Å². The summed E-state index contributed by atoms with van der Waals surface area (Å²) in [5, 5.41) is 0. The van der Waals surface area contributed by atoms with Crippen molar-refractivity contribution < 1.29 is 4.74 Å². The zero-order valence-corrected chi connectivity index (χ0v) is 16.3. The molecule has 2 aromatic rings. The van der Waals surface area contributed by atoms with Crippen LogP contribution in [-0.2, 0) is 0 Å². The molecule has 0 amide bonds. The predicted octanol–water partition coefficient (Wildman–Crippen LogP) is 2.97. The van der Waals surface area contributed by atoms with Crippen LogP contribution < -0.4 is 19.4 Å². The highest BCUT2D eigenvalue weighted by Gasteiger charge is 2.21. The van der Waals surface area contributed by atoms with Gasteiger partial charge < -0.3 is 19.4 Å². The van der Waals surface area contributed by atoms with Gasteiger partial charge in [-0.25, -0.2) is 9.97 Å². The highest BCUT2D eigenvalue weighted by molar-refractivity contribution is 5.60. The summed E-state index contributed by atoms with van der Waals surface area (Å²) in [6, 6.07) is 10.3. The Morgan fingerprint density at radius 1 is 1.00 bits per heavy atom. The third-order valence-electron chi connectivity index (χ3n) is 4.93. The number of methoxy groups -OCH3 is 1. The van der Waals surface area contributed by atoms with E-state index in [1.165, 1.54) is 0 Å². The van der Waals surface area contributed by atoms with Crippen molar-refractivity contribution in [2.24, 2.45) is 0 Å². The molecule has 6 heteroatoms. The largest absolute Gasteiger partial charge is 0.495 e. The summed E-state index contributed by atoms with van der Waals surface area (Å²) >= 11 is 0. The number of benzene rings is 1. The zero-order valence-electron chi connectivity index (χ0n) is 16.3. The molecular weight excluding hydrogens is 326 g/mol. The van der Waals surface area contributed by atoms with Gasteiger partial charge in [-0.1, -0.05) is 12.1 Å². The van der Waals surface area contributed by atoms with Gasteiger partial charge in [0.05, 0.1) is 12.8 Å². The van der Waals surface area contributed by atoms with Crippen LogP contribution in [0.5, 0.6) is 5.75 Å². The van der Waals surface area contributed by atoms with E-state index in [2.05, 4.69) is 56.7 Å². The highest BCUT2D eigenvalue weighted by Crippen LogP contribution is 2.29. The molecule has 0 N–H and O–H groups in total. The van der Waals surface area contributed by atoms with Crippen molar-refractivity contribution in [1.29, 1.82) is 0 Å². The smallest absolute Gasteiger partial charge is 0.142 e. The summed E-state index contributed by atoms with van der Waals surface area (Å²) in [7, 11) is 1.73. The van der Waals surface area contributed by atoms with Crippen LogP contribution in [0.2, 0.25) is 0 Å².